The van der Waals surface area contributed by atoms with Crippen molar-refractivity contribution >= 4 is 40.7 Å². The third kappa shape index (κ3) is 3.71. The van der Waals surface area contributed by atoms with E-state index in [-0.39, 0.29) is 40.4 Å². The number of carbonyl (C=O) groups is 4. The van der Waals surface area contributed by atoms with Crippen molar-refractivity contribution in [3.05, 3.63) is 76.9 Å². The second-order valence-electron chi connectivity index (χ2n) is 8.79. The average Bonchev–Trinajstić information content (AvgIpc) is 3.11. The van der Waals surface area contributed by atoms with Crippen LogP contribution in [0.15, 0.2) is 60.2 Å². The number of fused-ring (bicyclic) bond motifs is 2. The molecule has 0 radical (unpaired) electrons. The number of hydrogen-bond acceptors (Lipinski definition) is 6. The third-order valence-electron chi connectivity index (χ3n) is 6.72. The molecule has 6 heteroatoms. The van der Waals surface area contributed by atoms with Crippen molar-refractivity contribution in [1.29, 1.82) is 0 Å². The predicted molar refractivity (Wildman–Crippen MR) is 126 cm³/mol. The number of aromatic hydroxyl groups is 1. The smallest absolute Gasteiger partial charge is 0.314 e. The molecule has 0 aliphatic heterocycles. The van der Waals surface area contributed by atoms with Gasteiger partial charge in [-0.05, 0) is 37.8 Å². The van der Waals surface area contributed by atoms with E-state index in [2.05, 4.69) is 0 Å². The van der Waals surface area contributed by atoms with E-state index in [4.69, 9.17) is 4.74 Å². The summed E-state index contributed by atoms with van der Waals surface area (Å²) in [5.74, 6) is -1.37. The molecule has 5 rings (SSSR count). The van der Waals surface area contributed by atoms with E-state index in [0.717, 1.165) is 6.29 Å². The minimum Gasteiger partial charge on any atom is -0.507 e. The summed E-state index contributed by atoms with van der Waals surface area (Å²) in [6.45, 7) is 0. The maximum Gasteiger partial charge on any atom is 0.314 e. The van der Waals surface area contributed by atoms with Crippen LogP contribution in [0.3, 0.4) is 0 Å². The normalized spacial score (nSPS) is 19.7. The molecule has 3 aromatic carbocycles. The van der Waals surface area contributed by atoms with E-state index in [1.54, 1.807) is 48.5 Å². The Balaban J connectivity index is 1.52. The summed E-state index contributed by atoms with van der Waals surface area (Å²) < 4.78 is 5.77. The second-order valence-corrected chi connectivity index (χ2v) is 8.79. The number of benzene rings is 3. The van der Waals surface area contributed by atoms with Crippen molar-refractivity contribution < 1.29 is 29.0 Å². The molecule has 0 unspecified atom stereocenters. The van der Waals surface area contributed by atoms with Crippen LogP contribution in [0.1, 0.15) is 52.0 Å². The molecule has 0 saturated heterocycles. The second kappa shape index (κ2) is 8.71. The zero-order chi connectivity index (χ0) is 23.8. The molecule has 1 N–H and O–H groups in total. The van der Waals surface area contributed by atoms with E-state index >= 15 is 0 Å². The molecule has 34 heavy (non-hydrogen) atoms. The number of hydrogen-bond donors (Lipinski definition) is 1. The van der Waals surface area contributed by atoms with Gasteiger partial charge in [0, 0.05) is 33.4 Å². The lowest BCUT2D eigenvalue weighted by Gasteiger charge is -2.24. The highest BCUT2D eigenvalue weighted by atomic mass is 16.5. The molecule has 170 valence electrons. The van der Waals surface area contributed by atoms with Crippen molar-refractivity contribution in [1.82, 2.24) is 0 Å². The zero-order valence-electron chi connectivity index (χ0n) is 18.3. The summed E-state index contributed by atoms with van der Waals surface area (Å²) in [6, 6.07) is 15.0. The maximum atomic E-state index is 12.9. The van der Waals surface area contributed by atoms with Crippen molar-refractivity contribution in [3.8, 4) is 11.5 Å². The number of rotatable bonds is 4. The Morgan fingerprint density at radius 2 is 1.47 bits per heavy atom. The quantitative estimate of drug-likeness (QED) is 0.198. The van der Waals surface area contributed by atoms with E-state index in [1.165, 1.54) is 12.1 Å². The highest BCUT2D eigenvalue weighted by Crippen LogP contribution is 2.39. The summed E-state index contributed by atoms with van der Waals surface area (Å²) in [5, 5.41) is 11.9. The fourth-order valence-corrected chi connectivity index (χ4v) is 4.78. The Hall–Kier alpha value is -4.06. The molecule has 0 heterocycles. The highest BCUT2D eigenvalue weighted by molar-refractivity contribution is 6.41. The van der Waals surface area contributed by atoms with Crippen LogP contribution in [0.2, 0.25) is 0 Å². The minimum atomic E-state index is -0.404. The molecule has 2 aliphatic rings. The summed E-state index contributed by atoms with van der Waals surface area (Å²) >= 11 is 0. The zero-order valence-corrected chi connectivity index (χ0v) is 18.3. The summed E-state index contributed by atoms with van der Waals surface area (Å²) in [4.78, 5) is 49.6. The molecular weight excluding hydrogens is 432 g/mol. The lowest BCUT2D eigenvalue weighted by atomic mass is 9.83. The van der Waals surface area contributed by atoms with E-state index < -0.39 is 11.6 Å². The van der Waals surface area contributed by atoms with Gasteiger partial charge in [0.15, 0.2) is 11.6 Å². The lowest BCUT2D eigenvalue weighted by Crippen LogP contribution is -2.26. The van der Waals surface area contributed by atoms with Gasteiger partial charge in [-0.1, -0.05) is 48.5 Å². The van der Waals surface area contributed by atoms with Crippen LogP contribution in [0.5, 0.6) is 11.5 Å². The first-order chi connectivity index (χ1) is 16.5. The minimum absolute atomic E-state index is 0.0117. The molecule has 0 bridgehead atoms. The number of phenols is 1. The molecule has 6 nitrogen and oxygen atoms in total. The highest BCUT2D eigenvalue weighted by Gasteiger charge is 2.33. The number of ether oxygens (including phenoxy) is 1. The topological polar surface area (TPSA) is 97.7 Å². The molecule has 1 fully saturated rings. The number of carbonyl (C=O) groups excluding carboxylic acids is 4. The average molecular weight is 454 g/mol. The number of esters is 1. The monoisotopic (exact) mass is 454 g/mol. The number of allylic oxidation sites excluding steroid dienone is 1. The fourth-order valence-electron chi connectivity index (χ4n) is 4.78. The molecule has 2 aliphatic carbocycles. The number of aldehydes is 1. The Kier molecular flexibility index (Phi) is 5.57. The van der Waals surface area contributed by atoms with Gasteiger partial charge in [-0.3, -0.25) is 14.4 Å². The van der Waals surface area contributed by atoms with Gasteiger partial charge in [0.2, 0.25) is 0 Å². The van der Waals surface area contributed by atoms with Gasteiger partial charge in [0.05, 0.1) is 11.5 Å². The SMILES string of the molecule is O=CC1CCC(C(=O)Oc2cc(C=C3C(=O)c4ccccc4C3=O)c(O)c3ccccc23)CC1. The van der Waals surface area contributed by atoms with Crippen molar-refractivity contribution in [2.75, 3.05) is 0 Å². The Labute approximate surface area is 195 Å². The molecule has 0 atom stereocenters. The van der Waals surface area contributed by atoms with Crippen LogP contribution >= 0.6 is 0 Å². The standard InChI is InChI=1S/C28H22O6/c29-15-16-9-11-17(12-10-16)28(33)34-24-14-18(25(30)20-6-2-1-5-19(20)24)13-23-26(31)21-7-3-4-8-22(21)27(23)32/h1-8,13-17,30H,9-12H2. The van der Waals surface area contributed by atoms with Crippen LogP contribution in [-0.4, -0.2) is 28.9 Å². The Morgan fingerprint density at radius 3 is 2.09 bits per heavy atom. The largest absolute Gasteiger partial charge is 0.507 e. The number of Topliss-reactive ketones (excluding diaryl/α,β-unsaturated/α-hetero) is 2. The third-order valence-corrected chi connectivity index (χ3v) is 6.72. The van der Waals surface area contributed by atoms with Crippen LogP contribution in [0.4, 0.5) is 0 Å². The number of ketones is 2. The molecule has 3 aromatic rings. The first-order valence-corrected chi connectivity index (χ1v) is 11.3. The number of phenolic OH excluding ortho intramolecular Hbond substituents is 1. The maximum absolute atomic E-state index is 12.9. The van der Waals surface area contributed by atoms with E-state index in [1.807, 2.05) is 0 Å². The van der Waals surface area contributed by atoms with Gasteiger partial charge in [-0.25, -0.2) is 0 Å². The Bertz CT molecular complexity index is 1340. The molecule has 1 saturated carbocycles. The van der Waals surface area contributed by atoms with Gasteiger partial charge < -0.3 is 14.6 Å². The summed E-state index contributed by atoms with van der Waals surface area (Å²) in [6.07, 6.45) is 4.77. The molecule has 0 aromatic heterocycles. The van der Waals surface area contributed by atoms with Crippen LogP contribution < -0.4 is 4.74 Å². The van der Waals surface area contributed by atoms with E-state index in [9.17, 15) is 24.3 Å². The lowest BCUT2D eigenvalue weighted by molar-refractivity contribution is -0.140. The van der Waals surface area contributed by atoms with Gasteiger partial charge in [0.25, 0.3) is 0 Å². The predicted octanol–water partition coefficient (Wildman–Crippen LogP) is 4.92. The van der Waals surface area contributed by atoms with Crippen LogP contribution in [-0.2, 0) is 9.59 Å². The van der Waals surface area contributed by atoms with Crippen molar-refractivity contribution in [2.24, 2.45) is 11.8 Å². The van der Waals surface area contributed by atoms with Gasteiger partial charge in [-0.15, -0.1) is 0 Å². The van der Waals surface area contributed by atoms with Crippen molar-refractivity contribution in [3.63, 3.8) is 0 Å². The van der Waals surface area contributed by atoms with Gasteiger partial charge >= 0.3 is 5.97 Å². The molecule has 0 amide bonds. The Morgan fingerprint density at radius 1 is 0.882 bits per heavy atom. The van der Waals surface area contributed by atoms with Gasteiger partial charge in [-0.2, -0.15) is 0 Å². The van der Waals surface area contributed by atoms with Gasteiger partial charge in [0.1, 0.15) is 17.8 Å². The first-order valence-electron chi connectivity index (χ1n) is 11.3. The molecule has 0 spiro atoms. The summed E-state index contributed by atoms with van der Waals surface area (Å²) in [5.41, 5.74) is 0.833. The summed E-state index contributed by atoms with van der Waals surface area (Å²) in [7, 11) is 0. The van der Waals surface area contributed by atoms with E-state index in [0.29, 0.717) is 47.6 Å². The fraction of sp³-hybridized carbons (Fsp3) is 0.214. The van der Waals surface area contributed by atoms with Crippen LogP contribution in [0, 0.1) is 11.8 Å². The van der Waals surface area contributed by atoms with Crippen molar-refractivity contribution in [2.45, 2.75) is 25.7 Å². The van der Waals surface area contributed by atoms with Crippen LogP contribution in [0.25, 0.3) is 16.8 Å². The first kappa shape index (κ1) is 21.8. The molecular formula is C28H22O6.